The van der Waals surface area contributed by atoms with Crippen molar-refractivity contribution < 1.29 is 5.11 Å². The summed E-state index contributed by atoms with van der Waals surface area (Å²) in [5, 5.41) is 18.5. The number of hydrogen-bond acceptors (Lipinski definition) is 3. The maximum absolute atomic E-state index is 10.5. The highest BCUT2D eigenvalue weighted by Crippen LogP contribution is 2.23. The first-order valence-electron chi connectivity index (χ1n) is 6.46. The van der Waals surface area contributed by atoms with Gasteiger partial charge >= 0.3 is 0 Å². The van der Waals surface area contributed by atoms with Gasteiger partial charge in [0.2, 0.25) is 0 Å². The van der Waals surface area contributed by atoms with E-state index in [9.17, 15) is 5.11 Å². The lowest BCUT2D eigenvalue weighted by molar-refractivity contribution is 0.207. The van der Waals surface area contributed by atoms with E-state index in [-0.39, 0.29) is 0 Å². The van der Waals surface area contributed by atoms with Gasteiger partial charge in [0.1, 0.15) is 12.4 Å². The monoisotopic (exact) mass is 265 g/mol. The molecule has 4 nitrogen and oxygen atoms in total. The SMILES string of the molecule is Cc1ccccc1-n1cnnc1[C@H](O)c1ccccc1. The molecule has 1 N–H and O–H groups in total. The van der Waals surface area contributed by atoms with Gasteiger partial charge in [0, 0.05) is 0 Å². The minimum Gasteiger partial charge on any atom is -0.380 e. The third-order valence-corrected chi connectivity index (χ3v) is 3.31. The molecule has 2 aromatic carbocycles. The standard InChI is InChI=1S/C16H15N3O/c1-12-7-5-6-10-14(12)19-11-17-18-16(19)15(20)13-8-3-2-4-9-13/h2-11,15,20H,1H3/t15-/m1/s1. The lowest BCUT2D eigenvalue weighted by atomic mass is 10.1. The van der Waals surface area contributed by atoms with Crippen molar-refractivity contribution in [3.8, 4) is 5.69 Å². The van der Waals surface area contributed by atoms with Crippen molar-refractivity contribution in [2.24, 2.45) is 0 Å². The molecule has 1 aromatic heterocycles. The van der Waals surface area contributed by atoms with E-state index in [0.29, 0.717) is 5.82 Å². The van der Waals surface area contributed by atoms with Crippen molar-refractivity contribution >= 4 is 0 Å². The van der Waals surface area contributed by atoms with Gasteiger partial charge in [-0.3, -0.25) is 4.57 Å². The van der Waals surface area contributed by atoms with Crippen LogP contribution in [0.2, 0.25) is 0 Å². The van der Waals surface area contributed by atoms with Crippen LogP contribution in [0, 0.1) is 6.92 Å². The average Bonchev–Trinajstić information content (AvgIpc) is 2.97. The molecule has 3 rings (SSSR count). The molecule has 100 valence electrons. The van der Waals surface area contributed by atoms with Crippen LogP contribution in [0.1, 0.15) is 23.1 Å². The Kier molecular flexibility index (Phi) is 3.31. The summed E-state index contributed by atoms with van der Waals surface area (Å²) < 4.78 is 1.83. The largest absolute Gasteiger partial charge is 0.380 e. The normalized spacial score (nSPS) is 12.3. The van der Waals surface area contributed by atoms with Crippen molar-refractivity contribution in [3.63, 3.8) is 0 Å². The third-order valence-electron chi connectivity index (χ3n) is 3.31. The summed E-state index contributed by atoms with van der Waals surface area (Å²) in [6.45, 7) is 2.02. The predicted molar refractivity (Wildman–Crippen MR) is 76.6 cm³/mol. The van der Waals surface area contributed by atoms with Crippen LogP contribution in [-0.4, -0.2) is 19.9 Å². The second-order valence-electron chi connectivity index (χ2n) is 4.66. The molecule has 0 amide bonds. The van der Waals surface area contributed by atoms with Crippen molar-refractivity contribution in [3.05, 3.63) is 77.9 Å². The van der Waals surface area contributed by atoms with E-state index in [2.05, 4.69) is 10.2 Å². The fourth-order valence-corrected chi connectivity index (χ4v) is 2.23. The van der Waals surface area contributed by atoms with Gasteiger partial charge in [-0.05, 0) is 24.1 Å². The first-order valence-corrected chi connectivity index (χ1v) is 6.46. The summed E-state index contributed by atoms with van der Waals surface area (Å²) >= 11 is 0. The topological polar surface area (TPSA) is 50.9 Å². The second-order valence-corrected chi connectivity index (χ2v) is 4.66. The van der Waals surface area contributed by atoms with E-state index in [1.165, 1.54) is 0 Å². The minimum absolute atomic E-state index is 0.519. The van der Waals surface area contributed by atoms with Gasteiger partial charge in [0.05, 0.1) is 5.69 Å². The fourth-order valence-electron chi connectivity index (χ4n) is 2.23. The Morgan fingerprint density at radius 3 is 2.45 bits per heavy atom. The fraction of sp³-hybridized carbons (Fsp3) is 0.125. The lowest BCUT2D eigenvalue weighted by Gasteiger charge is -2.14. The van der Waals surface area contributed by atoms with Crippen LogP contribution in [0.3, 0.4) is 0 Å². The molecule has 0 saturated carbocycles. The molecular weight excluding hydrogens is 250 g/mol. The number of aryl methyl sites for hydroxylation is 1. The first-order chi connectivity index (χ1) is 9.77. The van der Waals surface area contributed by atoms with Crippen molar-refractivity contribution in [2.45, 2.75) is 13.0 Å². The molecule has 4 heteroatoms. The summed E-state index contributed by atoms with van der Waals surface area (Å²) in [5.74, 6) is 0.519. The molecule has 0 aliphatic carbocycles. The second kappa shape index (κ2) is 5.27. The molecule has 3 aromatic rings. The van der Waals surface area contributed by atoms with Gasteiger partial charge in [0.25, 0.3) is 0 Å². The molecule has 0 radical (unpaired) electrons. The summed E-state index contributed by atoms with van der Waals surface area (Å²) in [7, 11) is 0. The van der Waals surface area contributed by atoms with E-state index < -0.39 is 6.10 Å². The molecule has 0 aliphatic heterocycles. The molecule has 0 unspecified atom stereocenters. The van der Waals surface area contributed by atoms with E-state index in [0.717, 1.165) is 16.8 Å². The highest BCUT2D eigenvalue weighted by atomic mass is 16.3. The Bertz CT molecular complexity index is 707. The number of aliphatic hydroxyl groups is 1. The Morgan fingerprint density at radius 2 is 1.70 bits per heavy atom. The molecule has 20 heavy (non-hydrogen) atoms. The zero-order chi connectivity index (χ0) is 13.9. The van der Waals surface area contributed by atoms with Gasteiger partial charge in [-0.25, -0.2) is 0 Å². The predicted octanol–water partition coefficient (Wildman–Crippen LogP) is 2.66. The van der Waals surface area contributed by atoms with Crippen LogP contribution in [-0.2, 0) is 0 Å². The smallest absolute Gasteiger partial charge is 0.170 e. The van der Waals surface area contributed by atoms with Crippen LogP contribution < -0.4 is 0 Å². The number of nitrogens with zero attached hydrogens (tertiary/aromatic N) is 3. The van der Waals surface area contributed by atoms with Crippen molar-refractivity contribution in [1.82, 2.24) is 14.8 Å². The molecule has 0 fully saturated rings. The third kappa shape index (κ3) is 2.21. The van der Waals surface area contributed by atoms with Gasteiger partial charge in [-0.1, -0.05) is 48.5 Å². The molecular formula is C16H15N3O. The Labute approximate surface area is 117 Å². The molecule has 0 spiro atoms. The molecule has 0 bridgehead atoms. The van der Waals surface area contributed by atoms with Crippen LogP contribution >= 0.6 is 0 Å². The van der Waals surface area contributed by atoms with Crippen molar-refractivity contribution in [2.75, 3.05) is 0 Å². The van der Waals surface area contributed by atoms with Gasteiger partial charge in [-0.2, -0.15) is 0 Å². The van der Waals surface area contributed by atoms with Crippen LogP contribution in [0.4, 0.5) is 0 Å². The van der Waals surface area contributed by atoms with E-state index in [1.807, 2.05) is 66.1 Å². The Morgan fingerprint density at radius 1 is 1.00 bits per heavy atom. The summed E-state index contributed by atoms with van der Waals surface area (Å²) in [6.07, 6.45) is 0.836. The van der Waals surface area contributed by atoms with Gasteiger partial charge < -0.3 is 5.11 Å². The lowest BCUT2D eigenvalue weighted by Crippen LogP contribution is -2.09. The average molecular weight is 265 g/mol. The molecule has 0 saturated heterocycles. The number of rotatable bonds is 3. The van der Waals surface area contributed by atoms with Crippen LogP contribution in [0.15, 0.2) is 60.9 Å². The Hall–Kier alpha value is -2.46. The van der Waals surface area contributed by atoms with E-state index in [1.54, 1.807) is 6.33 Å². The number of benzene rings is 2. The number of hydrogen-bond donors (Lipinski definition) is 1. The van der Waals surface area contributed by atoms with Crippen molar-refractivity contribution in [1.29, 1.82) is 0 Å². The zero-order valence-electron chi connectivity index (χ0n) is 11.1. The van der Waals surface area contributed by atoms with Crippen LogP contribution in [0.5, 0.6) is 0 Å². The first kappa shape index (κ1) is 12.6. The number of aromatic nitrogens is 3. The highest BCUT2D eigenvalue weighted by molar-refractivity contribution is 5.41. The van der Waals surface area contributed by atoms with E-state index in [4.69, 9.17) is 0 Å². The maximum atomic E-state index is 10.5. The summed E-state index contributed by atoms with van der Waals surface area (Å²) in [6, 6.07) is 17.4. The molecule has 1 heterocycles. The Balaban J connectivity index is 2.05. The molecule has 0 aliphatic rings. The highest BCUT2D eigenvalue weighted by Gasteiger charge is 2.18. The maximum Gasteiger partial charge on any atom is 0.170 e. The summed E-state index contributed by atoms with van der Waals surface area (Å²) in [4.78, 5) is 0. The van der Waals surface area contributed by atoms with Gasteiger partial charge in [0.15, 0.2) is 5.82 Å². The number of para-hydroxylation sites is 1. The summed E-state index contributed by atoms with van der Waals surface area (Å²) in [5.41, 5.74) is 2.88. The zero-order valence-corrected chi connectivity index (χ0v) is 11.1. The van der Waals surface area contributed by atoms with Gasteiger partial charge in [-0.15, -0.1) is 10.2 Å². The quantitative estimate of drug-likeness (QED) is 0.792. The van der Waals surface area contributed by atoms with Crippen LogP contribution in [0.25, 0.3) is 5.69 Å². The molecule has 1 atom stereocenters. The minimum atomic E-state index is -0.793. The number of aliphatic hydroxyl groups excluding tert-OH is 1. The van der Waals surface area contributed by atoms with E-state index >= 15 is 0 Å².